The number of aromatic nitrogens is 1. The molecule has 1 N–H and O–H groups in total. The van der Waals surface area contributed by atoms with Gasteiger partial charge in [-0.25, -0.2) is 4.98 Å². The molecule has 0 spiro atoms. The van der Waals surface area contributed by atoms with Crippen LogP contribution in [0.1, 0.15) is 30.1 Å². The molecule has 0 radical (unpaired) electrons. The Morgan fingerprint density at radius 1 is 0.862 bits per heavy atom. The number of anilines is 3. The van der Waals surface area contributed by atoms with Gasteiger partial charge in [0.25, 0.3) is 5.91 Å². The van der Waals surface area contributed by atoms with E-state index in [9.17, 15) is 9.59 Å². The van der Waals surface area contributed by atoms with Crippen LogP contribution in [-0.2, 0) is 4.79 Å². The molecule has 1 aromatic carbocycles. The van der Waals surface area contributed by atoms with Crippen LogP contribution in [0, 0.1) is 0 Å². The number of hydrogen-bond acceptors (Lipinski definition) is 5. The summed E-state index contributed by atoms with van der Waals surface area (Å²) in [6.45, 7) is 6.11. The molecule has 2 aromatic rings. The van der Waals surface area contributed by atoms with Crippen LogP contribution < -0.4 is 10.2 Å². The van der Waals surface area contributed by atoms with Crippen molar-refractivity contribution in [3.63, 3.8) is 0 Å². The van der Waals surface area contributed by atoms with Crippen molar-refractivity contribution in [2.45, 2.75) is 19.8 Å². The predicted octanol–water partition coefficient (Wildman–Crippen LogP) is 2.73. The zero-order valence-corrected chi connectivity index (χ0v) is 16.8. The lowest BCUT2D eigenvalue weighted by atomic mass is 10.2. The number of benzene rings is 1. The van der Waals surface area contributed by atoms with Gasteiger partial charge in [0.05, 0.1) is 5.56 Å². The molecule has 2 fully saturated rings. The number of nitrogens with one attached hydrogen (secondary N) is 1. The molecule has 2 aliphatic heterocycles. The molecule has 0 atom stereocenters. The number of pyridine rings is 1. The molecule has 2 saturated heterocycles. The summed E-state index contributed by atoms with van der Waals surface area (Å²) < 4.78 is 0. The van der Waals surface area contributed by atoms with Crippen molar-refractivity contribution in [2.75, 3.05) is 49.5 Å². The van der Waals surface area contributed by atoms with Crippen molar-refractivity contribution in [3.05, 3.63) is 48.2 Å². The lowest BCUT2D eigenvalue weighted by Gasteiger charge is -2.34. The average Bonchev–Trinajstić information content (AvgIpc) is 3.29. The Labute approximate surface area is 171 Å². The molecule has 7 heteroatoms. The number of rotatable bonds is 4. The van der Waals surface area contributed by atoms with Crippen LogP contribution in [0.2, 0.25) is 0 Å². The molecule has 7 nitrogen and oxygen atoms in total. The summed E-state index contributed by atoms with van der Waals surface area (Å²) in [5.74, 6) is 0.724. The van der Waals surface area contributed by atoms with E-state index in [1.165, 1.54) is 18.5 Å². The summed E-state index contributed by atoms with van der Waals surface area (Å²) in [5, 5.41) is 3.29. The maximum Gasteiger partial charge on any atom is 0.255 e. The molecule has 0 bridgehead atoms. The van der Waals surface area contributed by atoms with E-state index in [1.807, 2.05) is 6.07 Å². The quantitative estimate of drug-likeness (QED) is 0.865. The monoisotopic (exact) mass is 393 g/mol. The zero-order valence-electron chi connectivity index (χ0n) is 16.8. The Kier molecular flexibility index (Phi) is 5.64. The first kappa shape index (κ1) is 19.2. The topological polar surface area (TPSA) is 68.8 Å². The van der Waals surface area contributed by atoms with Gasteiger partial charge in [-0.3, -0.25) is 9.59 Å². The first-order valence-corrected chi connectivity index (χ1v) is 10.2. The van der Waals surface area contributed by atoms with E-state index in [4.69, 9.17) is 0 Å². The van der Waals surface area contributed by atoms with Gasteiger partial charge in [-0.05, 0) is 49.2 Å². The maximum atomic E-state index is 12.7. The standard InChI is InChI=1S/C22H27N5O2/c1-17(28)25-12-14-27(15-13-25)22(29)18-4-9-21(23-16-18)24-19-5-7-20(8-6-19)26-10-2-3-11-26/h4-9,16H,2-3,10-15H2,1H3,(H,23,24). The van der Waals surface area contributed by atoms with Gasteiger partial charge >= 0.3 is 0 Å². The number of carbonyl (C=O) groups is 2. The van der Waals surface area contributed by atoms with Crippen LogP contribution in [0.5, 0.6) is 0 Å². The molecule has 2 aliphatic rings. The van der Waals surface area contributed by atoms with Crippen LogP contribution in [0.25, 0.3) is 0 Å². The van der Waals surface area contributed by atoms with Gasteiger partial charge in [0, 0.05) is 63.8 Å². The van der Waals surface area contributed by atoms with Crippen molar-refractivity contribution in [1.82, 2.24) is 14.8 Å². The van der Waals surface area contributed by atoms with Crippen molar-refractivity contribution in [3.8, 4) is 0 Å². The highest BCUT2D eigenvalue weighted by Gasteiger charge is 2.23. The minimum absolute atomic E-state index is 0.0396. The van der Waals surface area contributed by atoms with E-state index in [0.717, 1.165) is 18.8 Å². The molecule has 2 amide bonds. The van der Waals surface area contributed by atoms with Gasteiger partial charge in [0.2, 0.25) is 5.91 Å². The lowest BCUT2D eigenvalue weighted by molar-refractivity contribution is -0.130. The molecule has 1 aromatic heterocycles. The van der Waals surface area contributed by atoms with E-state index < -0.39 is 0 Å². The van der Waals surface area contributed by atoms with Crippen molar-refractivity contribution in [2.24, 2.45) is 0 Å². The van der Waals surface area contributed by atoms with Crippen LogP contribution in [0.4, 0.5) is 17.2 Å². The first-order valence-electron chi connectivity index (χ1n) is 10.2. The van der Waals surface area contributed by atoms with Crippen LogP contribution in [0.15, 0.2) is 42.6 Å². The minimum Gasteiger partial charge on any atom is -0.372 e. The largest absolute Gasteiger partial charge is 0.372 e. The molecule has 152 valence electrons. The van der Waals surface area contributed by atoms with Crippen LogP contribution in [-0.4, -0.2) is 65.9 Å². The Morgan fingerprint density at radius 2 is 1.52 bits per heavy atom. The molecule has 0 unspecified atom stereocenters. The molecule has 0 saturated carbocycles. The second-order valence-corrected chi connectivity index (χ2v) is 7.60. The first-order chi connectivity index (χ1) is 14.1. The van der Waals surface area contributed by atoms with Gasteiger partial charge < -0.3 is 20.0 Å². The Bertz CT molecular complexity index is 852. The SMILES string of the molecule is CC(=O)N1CCN(C(=O)c2ccc(Nc3ccc(N4CCCC4)cc3)nc2)CC1. The Morgan fingerprint density at radius 3 is 2.10 bits per heavy atom. The maximum absolute atomic E-state index is 12.7. The van der Waals surface area contributed by atoms with E-state index in [1.54, 1.807) is 29.0 Å². The van der Waals surface area contributed by atoms with Gasteiger partial charge in [0.1, 0.15) is 5.82 Å². The summed E-state index contributed by atoms with van der Waals surface area (Å²) >= 11 is 0. The van der Waals surface area contributed by atoms with Crippen molar-refractivity contribution >= 4 is 29.0 Å². The highest BCUT2D eigenvalue weighted by molar-refractivity contribution is 5.94. The second-order valence-electron chi connectivity index (χ2n) is 7.60. The Hall–Kier alpha value is -3.09. The predicted molar refractivity (Wildman–Crippen MR) is 114 cm³/mol. The molecular weight excluding hydrogens is 366 g/mol. The van der Waals surface area contributed by atoms with E-state index in [0.29, 0.717) is 37.6 Å². The third-order valence-corrected chi connectivity index (χ3v) is 5.63. The number of nitrogens with zero attached hydrogens (tertiary/aromatic N) is 4. The normalized spacial score (nSPS) is 16.8. The van der Waals surface area contributed by atoms with Crippen molar-refractivity contribution in [1.29, 1.82) is 0 Å². The van der Waals surface area contributed by atoms with Crippen LogP contribution in [0.3, 0.4) is 0 Å². The summed E-state index contributed by atoms with van der Waals surface area (Å²) in [5.41, 5.74) is 2.79. The number of hydrogen-bond donors (Lipinski definition) is 1. The van der Waals surface area contributed by atoms with E-state index >= 15 is 0 Å². The average molecular weight is 393 g/mol. The van der Waals surface area contributed by atoms with Crippen LogP contribution >= 0.6 is 0 Å². The summed E-state index contributed by atoms with van der Waals surface area (Å²) in [6.07, 6.45) is 4.14. The van der Waals surface area contributed by atoms with Gasteiger partial charge in [-0.15, -0.1) is 0 Å². The minimum atomic E-state index is -0.0396. The highest BCUT2D eigenvalue weighted by atomic mass is 16.2. The van der Waals surface area contributed by atoms with Gasteiger partial charge in [-0.1, -0.05) is 0 Å². The summed E-state index contributed by atoms with van der Waals surface area (Å²) in [6, 6.07) is 12.0. The zero-order chi connectivity index (χ0) is 20.2. The molecule has 4 rings (SSSR count). The third kappa shape index (κ3) is 4.50. The molecule has 29 heavy (non-hydrogen) atoms. The van der Waals surface area contributed by atoms with Gasteiger partial charge in [-0.2, -0.15) is 0 Å². The second kappa shape index (κ2) is 8.51. The van der Waals surface area contributed by atoms with E-state index in [2.05, 4.69) is 39.5 Å². The highest BCUT2D eigenvalue weighted by Crippen LogP contribution is 2.23. The third-order valence-electron chi connectivity index (χ3n) is 5.63. The molecular formula is C22H27N5O2. The Balaban J connectivity index is 1.34. The molecule has 0 aliphatic carbocycles. The fraction of sp³-hybridized carbons (Fsp3) is 0.409. The number of piperazine rings is 1. The number of carbonyl (C=O) groups excluding carboxylic acids is 2. The summed E-state index contributed by atoms with van der Waals surface area (Å²) in [7, 11) is 0. The van der Waals surface area contributed by atoms with E-state index in [-0.39, 0.29) is 11.8 Å². The lowest BCUT2D eigenvalue weighted by Crippen LogP contribution is -2.50. The molecule has 3 heterocycles. The van der Waals surface area contributed by atoms with Gasteiger partial charge in [0.15, 0.2) is 0 Å². The van der Waals surface area contributed by atoms with Crippen molar-refractivity contribution < 1.29 is 9.59 Å². The smallest absolute Gasteiger partial charge is 0.255 e. The fourth-order valence-corrected chi connectivity index (χ4v) is 3.88. The summed E-state index contributed by atoms with van der Waals surface area (Å²) in [4.78, 5) is 34.4. The fourth-order valence-electron chi connectivity index (χ4n) is 3.88. The number of amides is 2.